The van der Waals surface area contributed by atoms with Crippen LogP contribution in [0.1, 0.15) is 30.5 Å². The summed E-state index contributed by atoms with van der Waals surface area (Å²) in [7, 11) is 3.25. The molecule has 0 heterocycles. The highest BCUT2D eigenvalue weighted by molar-refractivity contribution is 5.74. The number of carbonyl (C=O) groups is 1. The summed E-state index contributed by atoms with van der Waals surface area (Å²) < 4.78 is 10.5. The van der Waals surface area contributed by atoms with Gasteiger partial charge in [-0.2, -0.15) is 0 Å². The average Bonchev–Trinajstić information content (AvgIpc) is 2.65. The van der Waals surface area contributed by atoms with E-state index >= 15 is 0 Å². The fourth-order valence-electron chi connectivity index (χ4n) is 2.60. The molecule has 0 radical (unpaired) electrons. The molecular weight excluding hydrogens is 316 g/mol. The fourth-order valence-corrected chi connectivity index (χ4v) is 2.60. The van der Waals surface area contributed by atoms with Gasteiger partial charge in [-0.05, 0) is 43.0 Å². The van der Waals surface area contributed by atoms with E-state index in [1.54, 1.807) is 14.2 Å². The molecule has 2 amide bonds. The Bertz CT molecular complexity index is 674. The van der Waals surface area contributed by atoms with Gasteiger partial charge in [-0.3, -0.25) is 0 Å². The zero-order valence-corrected chi connectivity index (χ0v) is 15.0. The predicted molar refractivity (Wildman–Crippen MR) is 99.3 cm³/mol. The molecule has 0 aliphatic rings. The highest BCUT2D eigenvalue weighted by Crippen LogP contribution is 2.27. The molecule has 2 rings (SSSR count). The van der Waals surface area contributed by atoms with E-state index in [1.807, 2.05) is 55.5 Å². The van der Waals surface area contributed by atoms with Crippen LogP contribution in [0, 0.1) is 0 Å². The molecule has 0 aromatic heterocycles. The summed E-state index contributed by atoms with van der Waals surface area (Å²) in [4.78, 5) is 12.0. The van der Waals surface area contributed by atoms with Crippen LogP contribution in [0.3, 0.4) is 0 Å². The van der Waals surface area contributed by atoms with Crippen LogP contribution in [0.4, 0.5) is 4.79 Å². The Morgan fingerprint density at radius 1 is 1.04 bits per heavy atom. The minimum absolute atomic E-state index is 0.0213. The number of nitrogens with one attached hydrogen (secondary N) is 2. The molecular formula is C20H26N2O3. The summed E-state index contributed by atoms with van der Waals surface area (Å²) in [6.45, 7) is 2.58. The second-order valence-corrected chi connectivity index (χ2v) is 5.83. The number of hydrogen-bond donors (Lipinski definition) is 2. The van der Waals surface area contributed by atoms with Crippen molar-refractivity contribution in [2.75, 3.05) is 20.8 Å². The van der Waals surface area contributed by atoms with Crippen molar-refractivity contribution in [2.45, 2.75) is 25.8 Å². The van der Waals surface area contributed by atoms with Crippen molar-refractivity contribution in [3.8, 4) is 11.5 Å². The molecule has 0 saturated heterocycles. The summed E-state index contributed by atoms with van der Waals surface area (Å²) in [5.41, 5.74) is 2.24. The first-order valence-electron chi connectivity index (χ1n) is 8.44. The van der Waals surface area contributed by atoms with E-state index < -0.39 is 0 Å². The quantitative estimate of drug-likeness (QED) is 0.719. The van der Waals surface area contributed by atoms with Gasteiger partial charge in [-0.15, -0.1) is 0 Å². The van der Waals surface area contributed by atoms with Crippen molar-refractivity contribution in [3.63, 3.8) is 0 Å². The van der Waals surface area contributed by atoms with Crippen LogP contribution in [-0.4, -0.2) is 26.8 Å². The Morgan fingerprint density at radius 3 is 2.44 bits per heavy atom. The van der Waals surface area contributed by atoms with E-state index in [1.165, 1.54) is 0 Å². The third-order valence-corrected chi connectivity index (χ3v) is 4.02. The van der Waals surface area contributed by atoms with Crippen LogP contribution < -0.4 is 20.1 Å². The number of aryl methyl sites for hydroxylation is 1. The zero-order chi connectivity index (χ0) is 18.1. The maximum Gasteiger partial charge on any atom is 0.315 e. The summed E-state index contributed by atoms with van der Waals surface area (Å²) in [6, 6.07) is 15.6. The molecule has 2 aromatic rings. The molecule has 0 saturated carbocycles. The molecule has 5 nitrogen and oxygen atoms in total. The Balaban J connectivity index is 1.73. The largest absolute Gasteiger partial charge is 0.493 e. The van der Waals surface area contributed by atoms with Gasteiger partial charge < -0.3 is 20.1 Å². The third-order valence-electron chi connectivity index (χ3n) is 4.02. The van der Waals surface area contributed by atoms with Crippen molar-refractivity contribution in [1.29, 1.82) is 0 Å². The normalized spacial score (nSPS) is 11.5. The van der Waals surface area contributed by atoms with E-state index in [9.17, 15) is 4.79 Å². The van der Waals surface area contributed by atoms with Gasteiger partial charge >= 0.3 is 6.03 Å². The number of benzene rings is 2. The Kier molecular flexibility index (Phi) is 7.14. The molecule has 134 valence electrons. The molecule has 0 bridgehead atoms. The number of ether oxygens (including phenoxy) is 2. The Hall–Kier alpha value is -2.69. The fraction of sp³-hybridized carbons (Fsp3) is 0.350. The lowest BCUT2D eigenvalue weighted by molar-refractivity contribution is 0.238. The molecule has 1 atom stereocenters. The molecule has 0 fully saturated rings. The van der Waals surface area contributed by atoms with Crippen LogP contribution in [0.15, 0.2) is 48.5 Å². The molecule has 2 N–H and O–H groups in total. The summed E-state index contributed by atoms with van der Waals surface area (Å²) >= 11 is 0. The van der Waals surface area contributed by atoms with Crippen molar-refractivity contribution < 1.29 is 14.3 Å². The van der Waals surface area contributed by atoms with Crippen molar-refractivity contribution >= 4 is 6.03 Å². The minimum atomic E-state index is -0.149. The number of amides is 2. The summed E-state index contributed by atoms with van der Waals surface area (Å²) in [6.07, 6.45) is 1.71. The topological polar surface area (TPSA) is 59.6 Å². The molecule has 2 aromatic carbocycles. The zero-order valence-electron chi connectivity index (χ0n) is 15.0. The molecule has 0 aliphatic carbocycles. The first-order chi connectivity index (χ1) is 12.1. The predicted octanol–water partition coefficient (Wildman–Crippen LogP) is 3.70. The van der Waals surface area contributed by atoms with E-state index in [0.717, 1.165) is 35.5 Å². The molecule has 0 aliphatic heterocycles. The van der Waals surface area contributed by atoms with Crippen LogP contribution >= 0.6 is 0 Å². The molecule has 0 spiro atoms. The summed E-state index contributed by atoms with van der Waals surface area (Å²) in [5.74, 6) is 1.45. The molecule has 5 heteroatoms. The highest BCUT2D eigenvalue weighted by Gasteiger charge is 2.08. The van der Waals surface area contributed by atoms with Crippen LogP contribution in [0.2, 0.25) is 0 Å². The third kappa shape index (κ3) is 5.71. The first-order valence-corrected chi connectivity index (χ1v) is 8.44. The van der Waals surface area contributed by atoms with E-state index in [-0.39, 0.29) is 12.1 Å². The van der Waals surface area contributed by atoms with Crippen molar-refractivity contribution in [2.24, 2.45) is 0 Å². The lowest BCUT2D eigenvalue weighted by Crippen LogP contribution is -2.37. The Labute approximate surface area is 149 Å². The van der Waals surface area contributed by atoms with Crippen LogP contribution in [0.25, 0.3) is 0 Å². The number of hydrogen-bond acceptors (Lipinski definition) is 3. The van der Waals surface area contributed by atoms with E-state index in [4.69, 9.17) is 9.47 Å². The Morgan fingerprint density at radius 2 is 1.76 bits per heavy atom. The van der Waals surface area contributed by atoms with Gasteiger partial charge in [0.15, 0.2) is 11.5 Å². The van der Waals surface area contributed by atoms with Gasteiger partial charge in [-0.25, -0.2) is 4.79 Å². The molecule has 1 unspecified atom stereocenters. The first kappa shape index (κ1) is 18.6. The highest BCUT2D eigenvalue weighted by atomic mass is 16.5. The van der Waals surface area contributed by atoms with Crippen LogP contribution in [-0.2, 0) is 6.42 Å². The number of carbonyl (C=O) groups excluding carboxylic acids is 1. The second kappa shape index (κ2) is 9.57. The number of methoxy groups -OCH3 is 2. The van der Waals surface area contributed by atoms with Gasteiger partial charge in [0.2, 0.25) is 0 Å². The van der Waals surface area contributed by atoms with Gasteiger partial charge in [0.25, 0.3) is 0 Å². The van der Waals surface area contributed by atoms with Crippen LogP contribution in [0.5, 0.6) is 11.5 Å². The van der Waals surface area contributed by atoms with Gasteiger partial charge in [0, 0.05) is 6.54 Å². The van der Waals surface area contributed by atoms with E-state index in [2.05, 4.69) is 10.6 Å². The maximum absolute atomic E-state index is 12.0. The maximum atomic E-state index is 12.0. The summed E-state index contributed by atoms with van der Waals surface area (Å²) in [5, 5.41) is 5.84. The number of rotatable bonds is 8. The van der Waals surface area contributed by atoms with Crippen molar-refractivity contribution in [1.82, 2.24) is 10.6 Å². The minimum Gasteiger partial charge on any atom is -0.493 e. The average molecular weight is 342 g/mol. The smallest absolute Gasteiger partial charge is 0.315 e. The monoisotopic (exact) mass is 342 g/mol. The second-order valence-electron chi connectivity index (χ2n) is 5.83. The molecule has 25 heavy (non-hydrogen) atoms. The SMILES string of the molecule is COc1ccc(CCCNC(=O)NC(C)c2ccccc2)cc1OC. The van der Waals surface area contributed by atoms with Crippen molar-refractivity contribution in [3.05, 3.63) is 59.7 Å². The van der Waals surface area contributed by atoms with Gasteiger partial charge in [-0.1, -0.05) is 36.4 Å². The van der Waals surface area contributed by atoms with E-state index in [0.29, 0.717) is 6.54 Å². The lowest BCUT2D eigenvalue weighted by Gasteiger charge is -2.15. The lowest BCUT2D eigenvalue weighted by atomic mass is 10.1. The standard InChI is InChI=1S/C20H26N2O3/c1-15(17-9-5-4-6-10-17)22-20(23)21-13-7-8-16-11-12-18(24-2)19(14-16)25-3/h4-6,9-12,14-15H,7-8,13H2,1-3H3,(H2,21,22,23). The van der Waals surface area contributed by atoms with Gasteiger partial charge in [0.05, 0.1) is 20.3 Å². The van der Waals surface area contributed by atoms with Gasteiger partial charge in [0.1, 0.15) is 0 Å². The number of urea groups is 1.